The van der Waals surface area contributed by atoms with Crippen molar-refractivity contribution < 1.29 is 4.52 Å². The van der Waals surface area contributed by atoms with Gasteiger partial charge in [-0.1, -0.05) is 5.16 Å². The molecule has 3 heterocycles. The van der Waals surface area contributed by atoms with Crippen LogP contribution in [0.5, 0.6) is 0 Å². The Kier molecular flexibility index (Phi) is 3.14. The lowest BCUT2D eigenvalue weighted by molar-refractivity contribution is 0.379. The molecule has 11 heteroatoms. The number of rotatable bonds is 5. The molecule has 102 valence electrons. The van der Waals surface area contributed by atoms with Crippen molar-refractivity contribution in [3.05, 3.63) is 24.9 Å². The lowest BCUT2D eigenvalue weighted by Crippen LogP contribution is -2.13. The van der Waals surface area contributed by atoms with Crippen molar-refractivity contribution in [3.63, 3.8) is 0 Å². The van der Waals surface area contributed by atoms with Crippen LogP contribution < -0.4 is 11.1 Å². The van der Waals surface area contributed by atoms with E-state index in [9.17, 15) is 0 Å². The Bertz CT molecular complexity index is 664. The molecular weight excluding hydrogens is 264 g/mol. The van der Waals surface area contributed by atoms with Gasteiger partial charge in [0.1, 0.15) is 12.7 Å². The van der Waals surface area contributed by atoms with Gasteiger partial charge in [0.15, 0.2) is 6.33 Å². The van der Waals surface area contributed by atoms with E-state index >= 15 is 0 Å². The molecule has 0 bridgehead atoms. The SMILES string of the molecule is Nc1nc(NCCc2ncno2)nc(-n2cncn2)n1. The molecule has 0 saturated carbocycles. The summed E-state index contributed by atoms with van der Waals surface area (Å²) >= 11 is 0. The lowest BCUT2D eigenvalue weighted by Gasteiger charge is -2.05. The van der Waals surface area contributed by atoms with Crippen molar-refractivity contribution >= 4 is 11.9 Å². The molecular formula is C9H10N10O. The Morgan fingerprint density at radius 2 is 2.20 bits per heavy atom. The summed E-state index contributed by atoms with van der Waals surface area (Å²) < 4.78 is 6.27. The van der Waals surface area contributed by atoms with Crippen molar-refractivity contribution in [2.75, 3.05) is 17.6 Å². The van der Waals surface area contributed by atoms with Gasteiger partial charge in [0.2, 0.25) is 17.8 Å². The van der Waals surface area contributed by atoms with Crippen LogP contribution in [0, 0.1) is 0 Å². The van der Waals surface area contributed by atoms with Crippen molar-refractivity contribution in [2.45, 2.75) is 6.42 Å². The molecule has 0 unspecified atom stereocenters. The van der Waals surface area contributed by atoms with E-state index in [0.29, 0.717) is 24.8 Å². The van der Waals surface area contributed by atoms with Gasteiger partial charge in [-0.3, -0.25) is 0 Å². The summed E-state index contributed by atoms with van der Waals surface area (Å²) in [6.07, 6.45) is 4.74. The highest BCUT2D eigenvalue weighted by Gasteiger charge is 2.07. The predicted octanol–water partition coefficient (Wildman–Crippen LogP) is -0.928. The zero-order chi connectivity index (χ0) is 13.8. The summed E-state index contributed by atoms with van der Waals surface area (Å²) in [4.78, 5) is 19.8. The van der Waals surface area contributed by atoms with Gasteiger partial charge in [0.05, 0.1) is 0 Å². The van der Waals surface area contributed by atoms with Crippen LogP contribution in [0.15, 0.2) is 23.5 Å². The third kappa shape index (κ3) is 2.66. The first-order chi connectivity index (χ1) is 9.81. The van der Waals surface area contributed by atoms with Crippen LogP contribution in [0.3, 0.4) is 0 Å². The van der Waals surface area contributed by atoms with Crippen LogP contribution in [-0.4, -0.2) is 46.4 Å². The van der Waals surface area contributed by atoms with Gasteiger partial charge in [-0.15, -0.1) is 0 Å². The first-order valence-electron chi connectivity index (χ1n) is 5.67. The number of anilines is 2. The lowest BCUT2D eigenvalue weighted by atomic mass is 10.4. The van der Waals surface area contributed by atoms with E-state index in [-0.39, 0.29) is 11.9 Å². The largest absolute Gasteiger partial charge is 0.368 e. The first-order valence-corrected chi connectivity index (χ1v) is 5.67. The molecule has 0 aromatic carbocycles. The van der Waals surface area contributed by atoms with E-state index in [1.807, 2.05) is 0 Å². The molecule has 3 aromatic heterocycles. The highest BCUT2D eigenvalue weighted by atomic mass is 16.5. The molecule has 0 spiro atoms. The molecule has 0 aliphatic heterocycles. The maximum absolute atomic E-state index is 5.63. The van der Waals surface area contributed by atoms with Gasteiger partial charge in [0.25, 0.3) is 5.95 Å². The maximum atomic E-state index is 5.63. The topological polar surface area (TPSA) is 146 Å². The predicted molar refractivity (Wildman–Crippen MR) is 65.6 cm³/mol. The molecule has 3 aromatic rings. The van der Waals surface area contributed by atoms with Crippen LogP contribution in [0.25, 0.3) is 5.95 Å². The monoisotopic (exact) mass is 274 g/mol. The number of hydrogen-bond acceptors (Lipinski definition) is 10. The van der Waals surface area contributed by atoms with E-state index in [0.717, 1.165) is 0 Å². The Balaban J connectivity index is 1.70. The van der Waals surface area contributed by atoms with Gasteiger partial charge in [-0.2, -0.15) is 29.7 Å². The number of aromatic nitrogens is 8. The zero-order valence-corrected chi connectivity index (χ0v) is 10.2. The summed E-state index contributed by atoms with van der Waals surface area (Å²) in [7, 11) is 0. The number of hydrogen-bond donors (Lipinski definition) is 2. The fraction of sp³-hybridized carbons (Fsp3) is 0.222. The summed E-state index contributed by atoms with van der Waals surface area (Å²) in [5.74, 6) is 1.24. The van der Waals surface area contributed by atoms with Crippen molar-refractivity contribution in [3.8, 4) is 5.95 Å². The van der Waals surface area contributed by atoms with Crippen LogP contribution in [0.4, 0.5) is 11.9 Å². The van der Waals surface area contributed by atoms with E-state index in [4.69, 9.17) is 10.3 Å². The quantitative estimate of drug-likeness (QED) is 0.598. The second kappa shape index (κ2) is 5.26. The average Bonchev–Trinajstić information content (AvgIpc) is 3.11. The third-order valence-corrected chi connectivity index (χ3v) is 2.29. The Labute approximate surface area is 112 Å². The van der Waals surface area contributed by atoms with Gasteiger partial charge >= 0.3 is 0 Å². The number of nitrogens with zero attached hydrogens (tertiary/aromatic N) is 8. The van der Waals surface area contributed by atoms with Gasteiger partial charge < -0.3 is 15.6 Å². The number of nitrogen functional groups attached to an aromatic ring is 1. The van der Waals surface area contributed by atoms with Gasteiger partial charge in [0, 0.05) is 13.0 Å². The van der Waals surface area contributed by atoms with Gasteiger partial charge in [-0.05, 0) is 0 Å². The Hall–Kier alpha value is -3.11. The second-order valence-electron chi connectivity index (χ2n) is 3.67. The molecule has 3 rings (SSSR count). The standard InChI is InChI=1S/C9H10N10O/c10-7-16-8(12-2-1-6-13-4-15-20-6)18-9(17-7)19-5-11-3-14-19/h3-5H,1-2H2,(H3,10,12,16,17,18). The van der Waals surface area contributed by atoms with E-state index in [1.54, 1.807) is 0 Å². The smallest absolute Gasteiger partial charge is 0.258 e. The van der Waals surface area contributed by atoms with Crippen molar-refractivity contribution in [2.24, 2.45) is 0 Å². The summed E-state index contributed by atoms with van der Waals surface area (Å²) in [5, 5.41) is 10.4. The number of nitrogens with two attached hydrogens (primary N) is 1. The van der Waals surface area contributed by atoms with Gasteiger partial charge in [-0.25, -0.2) is 4.98 Å². The van der Waals surface area contributed by atoms with E-state index < -0.39 is 0 Å². The maximum Gasteiger partial charge on any atom is 0.258 e. The minimum absolute atomic E-state index is 0.0887. The highest BCUT2D eigenvalue weighted by molar-refractivity contribution is 5.34. The second-order valence-corrected chi connectivity index (χ2v) is 3.67. The summed E-state index contributed by atoms with van der Waals surface area (Å²) in [6.45, 7) is 0.516. The molecule has 20 heavy (non-hydrogen) atoms. The average molecular weight is 274 g/mol. The van der Waals surface area contributed by atoms with Crippen LogP contribution in [0.2, 0.25) is 0 Å². The molecule has 0 fully saturated rings. The van der Waals surface area contributed by atoms with Crippen LogP contribution in [-0.2, 0) is 6.42 Å². The molecule has 3 N–H and O–H groups in total. The Morgan fingerprint density at radius 1 is 1.25 bits per heavy atom. The normalized spacial score (nSPS) is 10.6. The van der Waals surface area contributed by atoms with Crippen LogP contribution >= 0.6 is 0 Å². The molecule has 0 aliphatic carbocycles. The van der Waals surface area contributed by atoms with Crippen molar-refractivity contribution in [1.82, 2.24) is 39.9 Å². The highest BCUT2D eigenvalue weighted by Crippen LogP contribution is 2.05. The molecule has 0 aliphatic rings. The minimum atomic E-state index is 0.0887. The van der Waals surface area contributed by atoms with E-state index in [2.05, 4.69) is 40.5 Å². The molecule has 0 atom stereocenters. The molecule has 11 nitrogen and oxygen atoms in total. The fourth-order valence-corrected chi connectivity index (χ4v) is 1.46. The van der Waals surface area contributed by atoms with E-state index in [1.165, 1.54) is 23.7 Å². The molecule has 0 amide bonds. The summed E-state index contributed by atoms with van der Waals surface area (Å²) in [5.41, 5.74) is 5.63. The first kappa shape index (κ1) is 12.0. The Morgan fingerprint density at radius 3 is 2.95 bits per heavy atom. The summed E-state index contributed by atoms with van der Waals surface area (Å²) in [6, 6.07) is 0. The minimum Gasteiger partial charge on any atom is -0.368 e. The third-order valence-electron chi connectivity index (χ3n) is 2.29. The molecule has 0 saturated heterocycles. The zero-order valence-electron chi connectivity index (χ0n) is 10.2. The van der Waals surface area contributed by atoms with Crippen molar-refractivity contribution in [1.29, 1.82) is 0 Å². The number of nitrogens with one attached hydrogen (secondary N) is 1. The van der Waals surface area contributed by atoms with Crippen LogP contribution in [0.1, 0.15) is 5.89 Å². The fourth-order valence-electron chi connectivity index (χ4n) is 1.46. The molecule has 0 radical (unpaired) electrons.